The van der Waals surface area contributed by atoms with Gasteiger partial charge in [0.2, 0.25) is 15.9 Å². The van der Waals surface area contributed by atoms with Crippen LogP contribution in [0.3, 0.4) is 0 Å². The van der Waals surface area contributed by atoms with Gasteiger partial charge >= 0.3 is 0 Å². The van der Waals surface area contributed by atoms with Crippen LogP contribution in [-0.4, -0.2) is 25.9 Å². The molecular weight excluding hydrogens is 274 g/mol. The van der Waals surface area contributed by atoms with Crippen molar-refractivity contribution in [1.82, 2.24) is 4.72 Å². The Balaban J connectivity index is 2.98. The van der Waals surface area contributed by atoms with E-state index in [1.54, 1.807) is 12.1 Å². The fraction of sp³-hybridized carbons (Fsp3) is 0.200. The predicted octanol–water partition coefficient (Wildman–Crippen LogP) is -0.525. The number of amides is 1. The highest BCUT2D eigenvalue weighted by Gasteiger charge is 2.18. The van der Waals surface area contributed by atoms with Gasteiger partial charge in [-0.3, -0.25) is 4.79 Å². The normalized spacial score (nSPS) is 11.1. The Kier molecular flexibility index (Phi) is 4.76. The van der Waals surface area contributed by atoms with Gasteiger partial charge in [0.15, 0.2) is 0 Å². The average Bonchev–Trinajstić information content (AvgIpc) is 2.28. The largest absolute Gasteiger partial charge is 0.389 e. The van der Waals surface area contributed by atoms with Gasteiger partial charge in [0, 0.05) is 18.5 Å². The Hall–Kier alpha value is -1.51. The molecule has 0 fully saturated rings. The Morgan fingerprint density at radius 3 is 2.44 bits per heavy atom. The second-order valence-electron chi connectivity index (χ2n) is 3.47. The molecule has 1 amide bonds. The van der Waals surface area contributed by atoms with Crippen LogP contribution in [-0.2, 0) is 14.8 Å². The standard InChI is InChI=1S/C10H13N3O3S2/c11-9(14)5-6-13-18(15,16)8-4-2-1-3-7(8)10(12)17/h1-4,13H,5-6H2,(H2,11,14)(H2,12,17). The minimum absolute atomic E-state index is 0.00845. The number of sulfonamides is 1. The highest BCUT2D eigenvalue weighted by atomic mass is 32.2. The lowest BCUT2D eigenvalue weighted by atomic mass is 10.2. The number of thiocarbonyl (C=S) groups is 1. The smallest absolute Gasteiger partial charge is 0.241 e. The third-order valence-electron chi connectivity index (χ3n) is 2.11. The molecule has 6 nitrogen and oxygen atoms in total. The van der Waals surface area contributed by atoms with Crippen molar-refractivity contribution in [3.05, 3.63) is 29.8 Å². The van der Waals surface area contributed by atoms with E-state index in [0.29, 0.717) is 0 Å². The summed E-state index contributed by atoms with van der Waals surface area (Å²) in [5.41, 5.74) is 10.6. The molecule has 0 spiro atoms. The second-order valence-corrected chi connectivity index (χ2v) is 5.65. The third kappa shape index (κ3) is 3.76. The van der Waals surface area contributed by atoms with Gasteiger partial charge in [-0.2, -0.15) is 0 Å². The zero-order chi connectivity index (χ0) is 13.8. The molecule has 0 aliphatic rings. The van der Waals surface area contributed by atoms with Crippen molar-refractivity contribution < 1.29 is 13.2 Å². The van der Waals surface area contributed by atoms with Crippen LogP contribution in [0.15, 0.2) is 29.2 Å². The topological polar surface area (TPSA) is 115 Å². The van der Waals surface area contributed by atoms with Crippen LogP contribution in [0.5, 0.6) is 0 Å². The Labute approximate surface area is 110 Å². The van der Waals surface area contributed by atoms with E-state index in [4.69, 9.17) is 23.7 Å². The van der Waals surface area contributed by atoms with Crippen LogP contribution < -0.4 is 16.2 Å². The summed E-state index contributed by atoms with van der Waals surface area (Å²) in [6.07, 6.45) is -0.0749. The van der Waals surface area contributed by atoms with Crippen LogP contribution in [0.25, 0.3) is 0 Å². The number of hydrogen-bond donors (Lipinski definition) is 3. The van der Waals surface area contributed by atoms with Crippen molar-refractivity contribution in [1.29, 1.82) is 0 Å². The van der Waals surface area contributed by atoms with Gasteiger partial charge < -0.3 is 11.5 Å². The number of rotatable bonds is 6. The molecule has 98 valence electrons. The number of hydrogen-bond acceptors (Lipinski definition) is 4. The highest BCUT2D eigenvalue weighted by Crippen LogP contribution is 2.14. The molecule has 0 heterocycles. The first kappa shape index (κ1) is 14.6. The van der Waals surface area contributed by atoms with Gasteiger partial charge in [0.1, 0.15) is 4.99 Å². The van der Waals surface area contributed by atoms with Crippen molar-refractivity contribution in [2.45, 2.75) is 11.3 Å². The van der Waals surface area contributed by atoms with Gasteiger partial charge in [-0.1, -0.05) is 30.4 Å². The van der Waals surface area contributed by atoms with E-state index in [9.17, 15) is 13.2 Å². The number of carbonyl (C=O) groups is 1. The van der Waals surface area contributed by atoms with E-state index < -0.39 is 15.9 Å². The molecule has 8 heteroatoms. The van der Waals surface area contributed by atoms with Crippen molar-refractivity contribution >= 4 is 33.1 Å². The van der Waals surface area contributed by atoms with E-state index in [1.165, 1.54) is 12.1 Å². The van der Waals surface area contributed by atoms with Gasteiger partial charge in [-0.15, -0.1) is 0 Å². The number of benzene rings is 1. The summed E-state index contributed by atoms with van der Waals surface area (Å²) in [4.78, 5) is 10.5. The molecule has 5 N–H and O–H groups in total. The Morgan fingerprint density at radius 1 is 1.28 bits per heavy atom. The minimum Gasteiger partial charge on any atom is -0.389 e. The van der Waals surface area contributed by atoms with Crippen LogP contribution in [0.2, 0.25) is 0 Å². The fourth-order valence-electron chi connectivity index (χ4n) is 1.29. The second kappa shape index (κ2) is 5.89. The monoisotopic (exact) mass is 287 g/mol. The number of carbonyl (C=O) groups excluding carboxylic acids is 1. The average molecular weight is 287 g/mol. The molecule has 1 rings (SSSR count). The van der Waals surface area contributed by atoms with E-state index in [-0.39, 0.29) is 28.4 Å². The molecule has 0 aliphatic heterocycles. The molecule has 1 aromatic rings. The number of nitrogens with one attached hydrogen (secondary N) is 1. The summed E-state index contributed by atoms with van der Waals surface area (Å²) in [6.45, 7) is -0.0661. The number of primary amides is 1. The Bertz CT molecular complexity index is 569. The zero-order valence-electron chi connectivity index (χ0n) is 9.42. The maximum Gasteiger partial charge on any atom is 0.241 e. The first-order valence-electron chi connectivity index (χ1n) is 5.01. The number of nitrogens with two attached hydrogens (primary N) is 2. The van der Waals surface area contributed by atoms with Crippen molar-refractivity contribution in [2.24, 2.45) is 11.5 Å². The quantitative estimate of drug-likeness (QED) is 0.609. The summed E-state index contributed by atoms with van der Waals surface area (Å²) in [7, 11) is -3.76. The lowest BCUT2D eigenvalue weighted by Gasteiger charge is -2.09. The molecule has 0 saturated heterocycles. The summed E-state index contributed by atoms with van der Waals surface area (Å²) in [5.74, 6) is -0.583. The first-order chi connectivity index (χ1) is 8.34. The summed E-state index contributed by atoms with van der Waals surface area (Å²) >= 11 is 4.78. The van der Waals surface area contributed by atoms with Gasteiger partial charge in [-0.25, -0.2) is 13.1 Å². The van der Waals surface area contributed by atoms with E-state index in [1.807, 2.05) is 0 Å². The molecule has 18 heavy (non-hydrogen) atoms. The van der Waals surface area contributed by atoms with E-state index in [0.717, 1.165) is 0 Å². The molecule has 0 atom stereocenters. The van der Waals surface area contributed by atoms with Gasteiger partial charge in [0.25, 0.3) is 0 Å². The maximum absolute atomic E-state index is 12.0. The molecule has 0 bridgehead atoms. The molecule has 0 aromatic heterocycles. The highest BCUT2D eigenvalue weighted by molar-refractivity contribution is 7.89. The van der Waals surface area contributed by atoms with Gasteiger partial charge in [-0.05, 0) is 6.07 Å². The van der Waals surface area contributed by atoms with Crippen LogP contribution >= 0.6 is 12.2 Å². The maximum atomic E-state index is 12.0. The van der Waals surface area contributed by atoms with Gasteiger partial charge in [0.05, 0.1) is 4.90 Å². The fourth-order valence-corrected chi connectivity index (χ4v) is 2.79. The lowest BCUT2D eigenvalue weighted by molar-refractivity contribution is -0.117. The lowest BCUT2D eigenvalue weighted by Crippen LogP contribution is -2.29. The van der Waals surface area contributed by atoms with E-state index in [2.05, 4.69) is 4.72 Å². The molecular formula is C10H13N3O3S2. The SMILES string of the molecule is NC(=O)CCNS(=O)(=O)c1ccccc1C(N)=S. The van der Waals surface area contributed by atoms with Crippen molar-refractivity contribution in [3.63, 3.8) is 0 Å². The predicted molar refractivity (Wildman–Crippen MR) is 71.3 cm³/mol. The first-order valence-corrected chi connectivity index (χ1v) is 6.90. The third-order valence-corrected chi connectivity index (χ3v) is 3.84. The van der Waals surface area contributed by atoms with Crippen molar-refractivity contribution in [3.8, 4) is 0 Å². The van der Waals surface area contributed by atoms with Crippen LogP contribution in [0, 0.1) is 0 Å². The van der Waals surface area contributed by atoms with E-state index >= 15 is 0 Å². The van der Waals surface area contributed by atoms with Crippen molar-refractivity contribution in [2.75, 3.05) is 6.54 Å². The summed E-state index contributed by atoms with van der Waals surface area (Å²) < 4.78 is 26.2. The summed E-state index contributed by atoms with van der Waals surface area (Å²) in [6, 6.07) is 6.10. The Morgan fingerprint density at radius 2 is 1.89 bits per heavy atom. The molecule has 0 saturated carbocycles. The molecule has 1 aromatic carbocycles. The van der Waals surface area contributed by atoms with Crippen LogP contribution in [0.4, 0.5) is 0 Å². The van der Waals surface area contributed by atoms with Crippen LogP contribution in [0.1, 0.15) is 12.0 Å². The molecule has 0 aliphatic carbocycles. The summed E-state index contributed by atoms with van der Waals surface area (Å²) in [5, 5.41) is 0. The zero-order valence-corrected chi connectivity index (χ0v) is 11.1. The molecule has 0 unspecified atom stereocenters. The minimum atomic E-state index is -3.76. The molecule has 0 radical (unpaired) electrons.